The van der Waals surface area contributed by atoms with E-state index in [1.807, 2.05) is 0 Å². The number of nitrogens with one attached hydrogen (secondary N) is 1. The molecular weight excluding hydrogens is 331 g/mol. The maximum atomic E-state index is 12.7. The molecule has 0 heterocycles. The van der Waals surface area contributed by atoms with E-state index in [1.54, 1.807) is 0 Å². The predicted octanol–water partition coefficient (Wildman–Crippen LogP) is 5.85. The van der Waals surface area contributed by atoms with Crippen LogP contribution in [0.3, 0.4) is 0 Å². The molecule has 1 aromatic carbocycles. The first-order chi connectivity index (χ1) is 9.47. The van der Waals surface area contributed by atoms with Crippen molar-refractivity contribution in [2.75, 3.05) is 11.9 Å². The summed E-state index contributed by atoms with van der Waals surface area (Å²) in [5.41, 5.74) is -0.0866. The number of hydrogen-bond donors (Lipinski definition) is 1. The van der Waals surface area contributed by atoms with Crippen molar-refractivity contribution in [2.45, 2.75) is 44.7 Å². The first-order valence-electron chi connectivity index (χ1n) is 7.07. The first-order valence-corrected chi connectivity index (χ1v) is 7.87. The number of halogens is 4. The molecule has 0 amide bonds. The summed E-state index contributed by atoms with van der Waals surface area (Å²) in [6.45, 7) is 0.727. The zero-order valence-corrected chi connectivity index (χ0v) is 12.9. The van der Waals surface area contributed by atoms with E-state index in [-0.39, 0.29) is 0 Å². The molecule has 1 nitrogen and oxygen atoms in total. The second kappa shape index (κ2) is 6.83. The van der Waals surface area contributed by atoms with Crippen molar-refractivity contribution >= 4 is 21.6 Å². The van der Waals surface area contributed by atoms with Gasteiger partial charge in [-0.2, -0.15) is 13.2 Å². The molecule has 20 heavy (non-hydrogen) atoms. The van der Waals surface area contributed by atoms with Gasteiger partial charge in [0, 0.05) is 16.7 Å². The van der Waals surface area contributed by atoms with Gasteiger partial charge in [-0.25, -0.2) is 0 Å². The predicted molar refractivity (Wildman–Crippen MR) is 78.8 cm³/mol. The van der Waals surface area contributed by atoms with Gasteiger partial charge in [-0.15, -0.1) is 0 Å². The lowest BCUT2D eigenvalue weighted by molar-refractivity contribution is -0.137. The fourth-order valence-corrected chi connectivity index (χ4v) is 3.11. The normalized spacial score (nSPS) is 17.2. The molecule has 1 aromatic rings. The van der Waals surface area contributed by atoms with Crippen molar-refractivity contribution in [2.24, 2.45) is 5.92 Å². The summed E-state index contributed by atoms with van der Waals surface area (Å²) in [4.78, 5) is 0. The second-order valence-corrected chi connectivity index (χ2v) is 6.27. The molecule has 1 aliphatic rings. The molecule has 5 heteroatoms. The number of rotatable bonds is 4. The summed E-state index contributed by atoms with van der Waals surface area (Å²) >= 11 is 3.29. The maximum Gasteiger partial charge on any atom is 0.416 e. The van der Waals surface area contributed by atoms with E-state index in [2.05, 4.69) is 21.2 Å². The Balaban J connectivity index is 1.91. The molecule has 1 saturated carbocycles. The summed E-state index contributed by atoms with van der Waals surface area (Å²) in [5, 5.41) is 3.13. The van der Waals surface area contributed by atoms with E-state index >= 15 is 0 Å². The SMILES string of the molecule is FC(F)(F)c1ccc(Br)c(NCCC2CCCCC2)c1. The molecule has 0 spiro atoms. The largest absolute Gasteiger partial charge is 0.416 e. The zero-order valence-electron chi connectivity index (χ0n) is 11.3. The van der Waals surface area contributed by atoms with Crippen molar-refractivity contribution in [1.82, 2.24) is 0 Å². The van der Waals surface area contributed by atoms with Crippen molar-refractivity contribution in [1.29, 1.82) is 0 Å². The Morgan fingerprint density at radius 3 is 2.50 bits per heavy atom. The van der Waals surface area contributed by atoms with Crippen molar-refractivity contribution in [3.8, 4) is 0 Å². The second-order valence-electron chi connectivity index (χ2n) is 5.41. The zero-order chi connectivity index (χ0) is 14.6. The third kappa shape index (κ3) is 4.40. The van der Waals surface area contributed by atoms with E-state index in [0.29, 0.717) is 10.2 Å². The van der Waals surface area contributed by atoms with Gasteiger partial charge in [-0.1, -0.05) is 32.1 Å². The van der Waals surface area contributed by atoms with Crippen LogP contribution >= 0.6 is 15.9 Å². The topological polar surface area (TPSA) is 12.0 Å². The lowest BCUT2D eigenvalue weighted by Crippen LogP contribution is -2.13. The number of benzene rings is 1. The summed E-state index contributed by atoms with van der Waals surface area (Å²) in [5.74, 6) is 0.723. The van der Waals surface area contributed by atoms with E-state index in [4.69, 9.17) is 0 Å². The molecule has 0 bridgehead atoms. The van der Waals surface area contributed by atoms with Gasteiger partial charge in [0.2, 0.25) is 0 Å². The van der Waals surface area contributed by atoms with Gasteiger partial charge < -0.3 is 5.32 Å². The third-order valence-electron chi connectivity index (χ3n) is 3.89. The molecule has 0 aromatic heterocycles. The molecule has 1 N–H and O–H groups in total. The highest BCUT2D eigenvalue weighted by Gasteiger charge is 2.30. The molecule has 0 atom stereocenters. The number of anilines is 1. The average molecular weight is 350 g/mol. The summed E-state index contributed by atoms with van der Waals surface area (Å²) < 4.78 is 38.7. The van der Waals surface area contributed by atoms with E-state index in [0.717, 1.165) is 24.9 Å². The van der Waals surface area contributed by atoms with Crippen molar-refractivity contribution in [3.63, 3.8) is 0 Å². The van der Waals surface area contributed by atoms with Crippen LogP contribution < -0.4 is 5.32 Å². The summed E-state index contributed by atoms with van der Waals surface area (Å²) in [6.07, 6.45) is 3.15. The quantitative estimate of drug-likeness (QED) is 0.718. The molecule has 0 radical (unpaired) electrons. The smallest absolute Gasteiger partial charge is 0.384 e. The maximum absolute atomic E-state index is 12.7. The fourth-order valence-electron chi connectivity index (χ4n) is 2.72. The average Bonchev–Trinajstić information content (AvgIpc) is 2.41. The molecule has 1 aliphatic carbocycles. The molecule has 0 saturated heterocycles. The van der Waals surface area contributed by atoms with Crippen LogP contribution in [-0.4, -0.2) is 6.54 Å². The van der Waals surface area contributed by atoms with Crippen LogP contribution in [0.2, 0.25) is 0 Å². The van der Waals surface area contributed by atoms with Crippen LogP contribution in [0, 0.1) is 5.92 Å². The molecule has 1 fully saturated rings. The standard InChI is InChI=1S/C15H19BrF3N/c16-13-7-6-12(15(17,18)19)10-14(13)20-9-8-11-4-2-1-3-5-11/h6-7,10-11,20H,1-5,8-9H2. The molecule has 0 unspecified atom stereocenters. The minimum absolute atomic E-state index is 0.524. The van der Waals surface area contributed by atoms with Crippen LogP contribution in [0.5, 0.6) is 0 Å². The number of hydrogen-bond acceptors (Lipinski definition) is 1. The van der Waals surface area contributed by atoms with E-state index in [1.165, 1.54) is 44.2 Å². The van der Waals surface area contributed by atoms with Crippen LogP contribution in [0.4, 0.5) is 18.9 Å². The van der Waals surface area contributed by atoms with Gasteiger partial charge in [-0.05, 0) is 46.5 Å². The lowest BCUT2D eigenvalue weighted by Gasteiger charge is -2.22. The molecular formula is C15H19BrF3N. The summed E-state index contributed by atoms with van der Waals surface area (Å²) in [6, 6.07) is 3.72. The fraction of sp³-hybridized carbons (Fsp3) is 0.600. The Bertz CT molecular complexity index is 439. The molecule has 0 aliphatic heterocycles. The van der Waals surface area contributed by atoms with E-state index in [9.17, 15) is 13.2 Å². The minimum atomic E-state index is -4.29. The Kier molecular flexibility index (Phi) is 5.35. The number of alkyl halides is 3. The van der Waals surface area contributed by atoms with Crippen LogP contribution in [0.25, 0.3) is 0 Å². The van der Waals surface area contributed by atoms with E-state index < -0.39 is 11.7 Å². The Morgan fingerprint density at radius 1 is 1.15 bits per heavy atom. The highest BCUT2D eigenvalue weighted by Crippen LogP contribution is 2.34. The van der Waals surface area contributed by atoms with Gasteiger partial charge >= 0.3 is 6.18 Å². The van der Waals surface area contributed by atoms with Crippen LogP contribution in [-0.2, 0) is 6.18 Å². The Morgan fingerprint density at radius 2 is 1.85 bits per heavy atom. The van der Waals surface area contributed by atoms with Crippen LogP contribution in [0.1, 0.15) is 44.1 Å². The van der Waals surface area contributed by atoms with Gasteiger partial charge in [0.1, 0.15) is 0 Å². The van der Waals surface area contributed by atoms with Gasteiger partial charge in [-0.3, -0.25) is 0 Å². The Hall–Kier alpha value is -0.710. The minimum Gasteiger partial charge on any atom is -0.384 e. The van der Waals surface area contributed by atoms with Gasteiger partial charge in [0.15, 0.2) is 0 Å². The van der Waals surface area contributed by atoms with Gasteiger partial charge in [0.05, 0.1) is 5.56 Å². The summed E-state index contributed by atoms with van der Waals surface area (Å²) in [7, 11) is 0. The highest BCUT2D eigenvalue weighted by atomic mass is 79.9. The third-order valence-corrected chi connectivity index (χ3v) is 4.58. The van der Waals surface area contributed by atoms with Crippen molar-refractivity contribution < 1.29 is 13.2 Å². The monoisotopic (exact) mass is 349 g/mol. The van der Waals surface area contributed by atoms with Crippen LogP contribution in [0.15, 0.2) is 22.7 Å². The highest BCUT2D eigenvalue weighted by molar-refractivity contribution is 9.10. The first kappa shape index (κ1) is 15.7. The molecule has 112 valence electrons. The lowest BCUT2D eigenvalue weighted by atomic mass is 9.87. The molecule has 2 rings (SSSR count). The van der Waals surface area contributed by atoms with Gasteiger partial charge in [0.25, 0.3) is 0 Å². The Labute approximate surface area is 126 Å². The van der Waals surface area contributed by atoms with Crippen molar-refractivity contribution in [3.05, 3.63) is 28.2 Å².